The Labute approximate surface area is 219 Å². The highest BCUT2D eigenvalue weighted by atomic mass is 32.2. The number of carbonyl (C=O) groups excluding carboxylic acids is 1. The van der Waals surface area contributed by atoms with Crippen LogP contribution in [-0.4, -0.2) is 36.5 Å². The van der Waals surface area contributed by atoms with E-state index in [1.54, 1.807) is 4.57 Å². The van der Waals surface area contributed by atoms with Crippen LogP contribution in [0.5, 0.6) is 0 Å². The number of carboxylic acids is 1. The molecule has 2 aromatic carbocycles. The lowest BCUT2D eigenvalue weighted by Gasteiger charge is -2.15. The third-order valence-corrected chi connectivity index (χ3v) is 8.23. The number of halogens is 1. The number of nitrogens with zero attached hydrogens (tertiary/aromatic N) is 1. The fourth-order valence-electron chi connectivity index (χ4n) is 4.54. The Morgan fingerprint density at radius 2 is 1.82 bits per heavy atom. The molecule has 4 rings (SSSR count). The second kappa shape index (κ2) is 11.0. The minimum absolute atomic E-state index is 0.0174. The van der Waals surface area contributed by atoms with Gasteiger partial charge in [-0.2, -0.15) is 0 Å². The van der Waals surface area contributed by atoms with Crippen molar-refractivity contribution in [3.63, 3.8) is 0 Å². The molecule has 0 radical (unpaired) electrons. The van der Waals surface area contributed by atoms with Gasteiger partial charge in [-0.1, -0.05) is 38.7 Å². The second-order valence-electron chi connectivity index (χ2n) is 9.55. The Kier molecular flexibility index (Phi) is 7.98. The molecule has 0 unspecified atom stereocenters. The minimum Gasteiger partial charge on any atom is -0.477 e. The molecule has 0 atom stereocenters. The van der Waals surface area contributed by atoms with Crippen LogP contribution >= 0.6 is 0 Å². The van der Waals surface area contributed by atoms with E-state index in [9.17, 15) is 27.9 Å². The number of aromatic carboxylic acids is 1. The number of benzene rings is 2. The number of aromatic nitrogens is 1. The van der Waals surface area contributed by atoms with Gasteiger partial charge in [-0.05, 0) is 49.1 Å². The Hall–Kier alpha value is -3.57. The molecule has 1 fully saturated rings. The molecule has 0 saturated heterocycles. The number of hydrogen-bond donors (Lipinski definition) is 3. The Morgan fingerprint density at radius 3 is 2.45 bits per heavy atom. The molecule has 1 aromatic heterocycles. The maximum Gasteiger partial charge on any atom is 0.341 e. The molecule has 11 heteroatoms. The molecular weight excluding hydrogens is 513 g/mol. The van der Waals surface area contributed by atoms with Crippen molar-refractivity contribution in [2.75, 3.05) is 6.54 Å². The molecule has 1 amide bonds. The molecule has 9 nitrogen and oxygen atoms in total. The van der Waals surface area contributed by atoms with Gasteiger partial charge in [0.1, 0.15) is 11.4 Å². The summed E-state index contributed by atoms with van der Waals surface area (Å²) in [7, 11) is -4.05. The average molecular weight is 544 g/mol. The summed E-state index contributed by atoms with van der Waals surface area (Å²) in [5.74, 6) is -3.21. The fraction of sp³-hybridized carbons (Fsp3) is 0.370. The molecule has 3 aromatic rings. The number of carbonyl (C=O) groups is 2. The van der Waals surface area contributed by atoms with Gasteiger partial charge in [0.25, 0.3) is 0 Å². The summed E-state index contributed by atoms with van der Waals surface area (Å²) < 4.78 is 45.2. The first kappa shape index (κ1) is 27.5. The standard InChI is InChI=1S/C27H30FN3O6S/c1-2-3-4-5-6-11-30-38(36,37)24-10-7-16(12-20(24)26(29)33)18-14-23-19(13-22(18)28)25(32)21(27(34)35)15-31(23)17-8-9-17/h7,10,12-15,17,30H,2-6,8-9,11H2,1H3,(H2,29,33)(H,34,35). The highest BCUT2D eigenvalue weighted by Gasteiger charge is 2.28. The average Bonchev–Trinajstić information content (AvgIpc) is 3.71. The maximum atomic E-state index is 15.3. The van der Waals surface area contributed by atoms with Crippen molar-refractivity contribution in [1.82, 2.24) is 9.29 Å². The highest BCUT2D eigenvalue weighted by molar-refractivity contribution is 7.89. The van der Waals surface area contributed by atoms with Gasteiger partial charge in [-0.25, -0.2) is 22.3 Å². The van der Waals surface area contributed by atoms with Crippen LogP contribution in [0, 0.1) is 5.82 Å². The summed E-state index contributed by atoms with van der Waals surface area (Å²) in [6.45, 7) is 2.30. The smallest absolute Gasteiger partial charge is 0.341 e. The van der Waals surface area contributed by atoms with Crippen molar-refractivity contribution in [3.8, 4) is 11.1 Å². The summed E-state index contributed by atoms with van der Waals surface area (Å²) in [5.41, 5.74) is 4.53. The van der Waals surface area contributed by atoms with Crippen LogP contribution in [0.25, 0.3) is 22.0 Å². The maximum absolute atomic E-state index is 15.3. The number of primary amides is 1. The van der Waals surface area contributed by atoms with E-state index in [1.165, 1.54) is 30.5 Å². The van der Waals surface area contributed by atoms with Gasteiger partial charge < -0.3 is 15.4 Å². The zero-order valence-electron chi connectivity index (χ0n) is 21.0. The molecule has 38 heavy (non-hydrogen) atoms. The number of nitrogens with one attached hydrogen (secondary N) is 1. The number of rotatable bonds is 12. The van der Waals surface area contributed by atoms with Gasteiger partial charge in [0, 0.05) is 29.7 Å². The molecule has 1 aliphatic rings. The van der Waals surface area contributed by atoms with Gasteiger partial charge in [0.2, 0.25) is 21.4 Å². The van der Waals surface area contributed by atoms with Gasteiger partial charge in [-0.15, -0.1) is 0 Å². The molecule has 0 bridgehead atoms. The molecule has 4 N–H and O–H groups in total. The molecular formula is C27H30FN3O6S. The largest absolute Gasteiger partial charge is 0.477 e. The molecule has 1 saturated carbocycles. The first-order valence-electron chi connectivity index (χ1n) is 12.6. The summed E-state index contributed by atoms with van der Waals surface area (Å²) >= 11 is 0. The van der Waals surface area contributed by atoms with E-state index >= 15 is 4.39 Å². The fourth-order valence-corrected chi connectivity index (χ4v) is 5.80. The Balaban J connectivity index is 1.74. The predicted octanol–water partition coefficient (Wildman–Crippen LogP) is 4.19. The molecule has 202 valence electrons. The normalized spacial score (nSPS) is 13.6. The quantitative estimate of drug-likeness (QED) is 0.292. The van der Waals surface area contributed by atoms with Gasteiger partial charge in [0.05, 0.1) is 16.0 Å². The van der Waals surface area contributed by atoms with Crippen molar-refractivity contribution >= 4 is 32.8 Å². The van der Waals surface area contributed by atoms with E-state index in [4.69, 9.17) is 5.73 Å². The van der Waals surface area contributed by atoms with Crippen molar-refractivity contribution in [2.45, 2.75) is 62.8 Å². The second-order valence-corrected chi connectivity index (χ2v) is 11.3. The third-order valence-electron chi connectivity index (χ3n) is 6.71. The van der Waals surface area contributed by atoms with Crippen molar-refractivity contribution in [1.29, 1.82) is 0 Å². The molecule has 1 aliphatic carbocycles. The number of fused-ring (bicyclic) bond motifs is 1. The highest BCUT2D eigenvalue weighted by Crippen LogP contribution is 2.38. The van der Waals surface area contributed by atoms with E-state index in [0.717, 1.165) is 44.6 Å². The van der Waals surface area contributed by atoms with Crippen LogP contribution in [0.3, 0.4) is 0 Å². The third kappa shape index (κ3) is 5.63. The number of pyridine rings is 1. The van der Waals surface area contributed by atoms with Crippen LogP contribution < -0.4 is 15.9 Å². The van der Waals surface area contributed by atoms with E-state index < -0.39 is 38.7 Å². The lowest BCUT2D eigenvalue weighted by Crippen LogP contribution is -2.27. The number of carboxylic acid groups (broad SMARTS) is 1. The van der Waals surface area contributed by atoms with Crippen LogP contribution in [0.2, 0.25) is 0 Å². The van der Waals surface area contributed by atoms with Crippen LogP contribution in [0.4, 0.5) is 4.39 Å². The van der Waals surface area contributed by atoms with E-state index in [1.807, 2.05) is 0 Å². The summed E-state index contributed by atoms with van der Waals surface area (Å²) in [4.78, 5) is 36.2. The summed E-state index contributed by atoms with van der Waals surface area (Å²) in [6, 6.07) is 6.17. The number of unbranched alkanes of at least 4 members (excludes halogenated alkanes) is 4. The number of amides is 1. The topological polar surface area (TPSA) is 149 Å². The Bertz CT molecular complexity index is 1580. The lowest BCUT2D eigenvalue weighted by atomic mass is 9.99. The Morgan fingerprint density at radius 1 is 1.11 bits per heavy atom. The number of hydrogen-bond acceptors (Lipinski definition) is 5. The van der Waals surface area contributed by atoms with E-state index in [0.29, 0.717) is 11.9 Å². The predicted molar refractivity (Wildman–Crippen MR) is 141 cm³/mol. The lowest BCUT2D eigenvalue weighted by molar-refractivity contribution is 0.0694. The first-order valence-corrected chi connectivity index (χ1v) is 14.1. The minimum atomic E-state index is -4.05. The van der Waals surface area contributed by atoms with Crippen molar-refractivity contribution in [3.05, 3.63) is 63.7 Å². The van der Waals surface area contributed by atoms with Crippen molar-refractivity contribution in [2.24, 2.45) is 5.73 Å². The molecule has 1 heterocycles. The monoisotopic (exact) mass is 543 g/mol. The number of sulfonamides is 1. The first-order chi connectivity index (χ1) is 18.0. The van der Waals surface area contributed by atoms with E-state index in [-0.39, 0.29) is 39.6 Å². The molecule has 0 spiro atoms. The van der Waals surface area contributed by atoms with Gasteiger partial charge in [0.15, 0.2) is 0 Å². The van der Waals surface area contributed by atoms with Crippen LogP contribution in [0.15, 0.2) is 46.2 Å². The zero-order valence-corrected chi connectivity index (χ0v) is 21.8. The van der Waals surface area contributed by atoms with E-state index in [2.05, 4.69) is 11.6 Å². The van der Waals surface area contributed by atoms with Crippen LogP contribution in [-0.2, 0) is 10.0 Å². The van der Waals surface area contributed by atoms with Crippen LogP contribution in [0.1, 0.15) is 78.6 Å². The van der Waals surface area contributed by atoms with Gasteiger partial charge >= 0.3 is 5.97 Å². The molecule has 0 aliphatic heterocycles. The van der Waals surface area contributed by atoms with Crippen molar-refractivity contribution < 1.29 is 27.5 Å². The van der Waals surface area contributed by atoms with Gasteiger partial charge in [-0.3, -0.25) is 9.59 Å². The summed E-state index contributed by atoms with van der Waals surface area (Å²) in [5, 5.41) is 9.35. The number of nitrogens with two attached hydrogens (primary N) is 1. The zero-order chi connectivity index (χ0) is 27.6. The SMILES string of the molecule is CCCCCCCNS(=O)(=O)c1ccc(-c2cc3c(cc2F)c(=O)c(C(=O)O)cn3C2CC2)cc1C(N)=O. The summed E-state index contributed by atoms with van der Waals surface area (Å²) in [6.07, 6.45) is 7.51.